The van der Waals surface area contributed by atoms with Gasteiger partial charge in [-0.05, 0) is 18.4 Å². The largest absolute Gasteiger partial charge is 0.319 e. The summed E-state index contributed by atoms with van der Waals surface area (Å²) in [5, 5.41) is 0.249. The van der Waals surface area contributed by atoms with Gasteiger partial charge in [-0.1, -0.05) is 36.3 Å². The summed E-state index contributed by atoms with van der Waals surface area (Å²) >= 11 is 1.70. The average molecular weight is 245 g/mol. The number of carbonyl (C=O) groups is 1. The molecule has 1 unspecified atom stereocenters. The summed E-state index contributed by atoms with van der Waals surface area (Å²) in [6.45, 7) is 0.436. The minimum Gasteiger partial charge on any atom is -0.319 e. The van der Waals surface area contributed by atoms with Crippen LogP contribution in [0.1, 0.15) is 12.0 Å². The van der Waals surface area contributed by atoms with E-state index in [4.69, 9.17) is 6.42 Å². The summed E-state index contributed by atoms with van der Waals surface area (Å²) in [6.07, 6.45) is 7.25. The summed E-state index contributed by atoms with van der Waals surface area (Å²) in [5.41, 5.74) is 1.31. The monoisotopic (exact) mass is 245 g/mol. The average Bonchev–Trinajstić information content (AvgIpc) is 2.70. The van der Waals surface area contributed by atoms with E-state index in [0.717, 1.165) is 12.8 Å². The van der Waals surface area contributed by atoms with Crippen molar-refractivity contribution in [2.75, 3.05) is 12.3 Å². The van der Waals surface area contributed by atoms with E-state index in [1.165, 1.54) is 5.56 Å². The van der Waals surface area contributed by atoms with E-state index >= 15 is 0 Å². The van der Waals surface area contributed by atoms with Crippen molar-refractivity contribution in [3.8, 4) is 12.3 Å². The highest BCUT2D eigenvalue weighted by molar-refractivity contribution is 8.00. The molecule has 1 saturated heterocycles. The number of aryl methyl sites for hydroxylation is 1. The molecule has 1 aromatic rings. The Kier molecular flexibility index (Phi) is 4.11. The summed E-state index contributed by atoms with van der Waals surface area (Å²) in [6, 6.07) is 10.3. The fraction of sp³-hybridized carbons (Fsp3) is 0.357. The molecule has 0 aliphatic carbocycles. The number of benzene rings is 1. The molecule has 1 heterocycles. The molecule has 0 radical (unpaired) electrons. The second-order valence-electron chi connectivity index (χ2n) is 4.02. The number of nitrogens with zero attached hydrogens (tertiary/aromatic N) is 1. The quantitative estimate of drug-likeness (QED) is 0.758. The molecule has 0 saturated carbocycles. The predicted octanol–water partition coefficient (Wildman–Crippen LogP) is 2.15. The van der Waals surface area contributed by atoms with E-state index in [9.17, 15) is 4.79 Å². The standard InChI is InChI=1S/C14H15NOS/c1-2-10-15-13(16)11-17-14(15)9-8-12-6-4-3-5-7-12/h1,3-7,14H,8-11H2. The fourth-order valence-corrected chi connectivity index (χ4v) is 3.12. The second-order valence-corrected chi connectivity index (χ2v) is 5.18. The molecule has 1 atom stereocenters. The second kappa shape index (κ2) is 5.79. The van der Waals surface area contributed by atoms with Crippen molar-refractivity contribution < 1.29 is 4.79 Å². The maximum atomic E-state index is 11.6. The van der Waals surface area contributed by atoms with Gasteiger partial charge in [-0.2, -0.15) is 0 Å². The number of rotatable bonds is 4. The Hall–Kier alpha value is -1.40. The summed E-state index contributed by atoms with van der Waals surface area (Å²) < 4.78 is 0. The predicted molar refractivity (Wildman–Crippen MR) is 71.6 cm³/mol. The molecule has 1 fully saturated rings. The molecule has 17 heavy (non-hydrogen) atoms. The van der Waals surface area contributed by atoms with Gasteiger partial charge in [0.2, 0.25) is 5.91 Å². The van der Waals surface area contributed by atoms with Crippen LogP contribution in [0.3, 0.4) is 0 Å². The van der Waals surface area contributed by atoms with Gasteiger partial charge in [-0.3, -0.25) is 4.79 Å². The lowest BCUT2D eigenvalue weighted by Crippen LogP contribution is -2.33. The van der Waals surface area contributed by atoms with Crippen LogP contribution >= 0.6 is 11.8 Å². The maximum Gasteiger partial charge on any atom is 0.234 e. The Morgan fingerprint density at radius 1 is 1.41 bits per heavy atom. The van der Waals surface area contributed by atoms with Gasteiger partial charge in [-0.15, -0.1) is 18.2 Å². The molecule has 1 aromatic carbocycles. The first kappa shape index (κ1) is 12.1. The van der Waals surface area contributed by atoms with Gasteiger partial charge < -0.3 is 4.90 Å². The Balaban J connectivity index is 1.91. The minimum absolute atomic E-state index is 0.172. The normalized spacial score (nSPS) is 19.4. The van der Waals surface area contributed by atoms with Gasteiger partial charge in [0, 0.05) is 0 Å². The molecule has 2 nitrogen and oxygen atoms in total. The van der Waals surface area contributed by atoms with E-state index in [2.05, 4.69) is 18.1 Å². The van der Waals surface area contributed by atoms with E-state index < -0.39 is 0 Å². The smallest absolute Gasteiger partial charge is 0.234 e. The van der Waals surface area contributed by atoms with Crippen LogP contribution in [0, 0.1) is 12.3 Å². The van der Waals surface area contributed by atoms with Crippen LogP contribution in [0.2, 0.25) is 0 Å². The molecule has 1 aliphatic heterocycles. The molecule has 88 valence electrons. The summed E-state index contributed by atoms with van der Waals surface area (Å²) in [5.74, 6) is 3.30. The lowest BCUT2D eigenvalue weighted by molar-refractivity contribution is -0.127. The van der Waals surface area contributed by atoms with E-state index in [-0.39, 0.29) is 11.3 Å². The maximum absolute atomic E-state index is 11.6. The van der Waals surface area contributed by atoms with Crippen molar-refractivity contribution in [2.45, 2.75) is 18.2 Å². The van der Waals surface area contributed by atoms with Crippen LogP contribution in [0.25, 0.3) is 0 Å². The summed E-state index contributed by atoms with van der Waals surface area (Å²) in [7, 11) is 0. The van der Waals surface area contributed by atoms with Crippen LogP contribution in [-0.4, -0.2) is 28.5 Å². The third-order valence-corrected chi connectivity index (χ3v) is 4.14. The molecular formula is C14H15NOS. The van der Waals surface area contributed by atoms with E-state index in [1.54, 1.807) is 11.8 Å². The third kappa shape index (κ3) is 3.04. The van der Waals surface area contributed by atoms with Crippen LogP contribution in [0.15, 0.2) is 30.3 Å². The van der Waals surface area contributed by atoms with Gasteiger partial charge in [0.05, 0.1) is 17.7 Å². The summed E-state index contributed by atoms with van der Waals surface area (Å²) in [4.78, 5) is 13.4. The van der Waals surface area contributed by atoms with Gasteiger partial charge in [0.25, 0.3) is 0 Å². The molecule has 0 bridgehead atoms. The lowest BCUT2D eigenvalue weighted by Gasteiger charge is -2.21. The Morgan fingerprint density at radius 3 is 2.88 bits per heavy atom. The van der Waals surface area contributed by atoms with Crippen molar-refractivity contribution in [3.05, 3.63) is 35.9 Å². The molecule has 0 aromatic heterocycles. The van der Waals surface area contributed by atoms with Gasteiger partial charge in [0.1, 0.15) is 0 Å². The van der Waals surface area contributed by atoms with Gasteiger partial charge in [-0.25, -0.2) is 0 Å². The van der Waals surface area contributed by atoms with Crippen molar-refractivity contribution in [1.29, 1.82) is 0 Å². The molecule has 1 amide bonds. The fourth-order valence-electron chi connectivity index (χ4n) is 1.96. The van der Waals surface area contributed by atoms with Crippen LogP contribution in [-0.2, 0) is 11.2 Å². The topological polar surface area (TPSA) is 20.3 Å². The van der Waals surface area contributed by atoms with Crippen LogP contribution in [0.5, 0.6) is 0 Å². The highest BCUT2D eigenvalue weighted by Gasteiger charge is 2.30. The van der Waals surface area contributed by atoms with Gasteiger partial charge in [0.15, 0.2) is 0 Å². The highest BCUT2D eigenvalue weighted by Crippen LogP contribution is 2.28. The Morgan fingerprint density at radius 2 is 2.18 bits per heavy atom. The highest BCUT2D eigenvalue weighted by atomic mass is 32.2. The molecule has 2 rings (SSSR count). The number of hydrogen-bond acceptors (Lipinski definition) is 2. The first-order chi connectivity index (χ1) is 8.31. The van der Waals surface area contributed by atoms with Crippen LogP contribution in [0.4, 0.5) is 0 Å². The third-order valence-electron chi connectivity index (χ3n) is 2.85. The minimum atomic E-state index is 0.172. The van der Waals surface area contributed by atoms with Crippen molar-refractivity contribution in [3.63, 3.8) is 0 Å². The molecule has 0 N–H and O–H groups in total. The molecule has 3 heteroatoms. The van der Waals surface area contributed by atoms with E-state index in [0.29, 0.717) is 12.3 Å². The first-order valence-electron chi connectivity index (χ1n) is 5.69. The molecular weight excluding hydrogens is 230 g/mol. The van der Waals surface area contributed by atoms with Crippen molar-refractivity contribution in [1.82, 2.24) is 4.90 Å². The molecule has 1 aliphatic rings. The number of carbonyl (C=O) groups excluding carboxylic acids is 1. The number of terminal acetylenes is 1. The van der Waals surface area contributed by atoms with Crippen molar-refractivity contribution >= 4 is 17.7 Å². The van der Waals surface area contributed by atoms with E-state index in [1.807, 2.05) is 23.1 Å². The number of hydrogen-bond donors (Lipinski definition) is 0. The lowest BCUT2D eigenvalue weighted by atomic mass is 10.1. The zero-order chi connectivity index (χ0) is 12.1. The first-order valence-corrected chi connectivity index (χ1v) is 6.74. The number of thioether (sulfide) groups is 1. The number of amides is 1. The Labute approximate surface area is 106 Å². The van der Waals surface area contributed by atoms with Crippen LogP contribution < -0.4 is 0 Å². The molecule has 0 spiro atoms. The SMILES string of the molecule is C#CCN1C(=O)CSC1CCc1ccccc1. The zero-order valence-electron chi connectivity index (χ0n) is 9.63. The van der Waals surface area contributed by atoms with Crippen molar-refractivity contribution in [2.24, 2.45) is 0 Å². The zero-order valence-corrected chi connectivity index (χ0v) is 10.5. The van der Waals surface area contributed by atoms with Gasteiger partial charge >= 0.3 is 0 Å². The Bertz CT molecular complexity index is 424.